The lowest BCUT2D eigenvalue weighted by atomic mass is 10.1. The molecule has 0 aliphatic heterocycles. The number of hydrogen-bond acceptors (Lipinski definition) is 5. The lowest BCUT2D eigenvalue weighted by molar-refractivity contribution is 0.0548. The van der Waals surface area contributed by atoms with E-state index in [0.29, 0.717) is 6.61 Å². The summed E-state index contributed by atoms with van der Waals surface area (Å²) in [6.07, 6.45) is 3.12. The van der Waals surface area contributed by atoms with E-state index in [0.717, 1.165) is 63.0 Å². The normalized spacial score (nSPS) is 12.3. The molecule has 30 heavy (non-hydrogen) atoms. The van der Waals surface area contributed by atoms with Crippen LogP contribution in [0.15, 0.2) is 23.2 Å². The molecule has 1 unspecified atom stereocenters. The molecule has 1 aromatic carbocycles. The summed E-state index contributed by atoms with van der Waals surface area (Å²) >= 11 is 0. The molecule has 0 aliphatic rings. The number of hydrogen-bond donors (Lipinski definition) is 2. The molecule has 0 heterocycles. The van der Waals surface area contributed by atoms with E-state index in [1.165, 1.54) is 5.56 Å². The summed E-state index contributed by atoms with van der Waals surface area (Å²) < 4.78 is 16.8. The van der Waals surface area contributed by atoms with Crippen molar-refractivity contribution in [3.63, 3.8) is 0 Å². The van der Waals surface area contributed by atoms with Crippen LogP contribution in [0.2, 0.25) is 0 Å². The van der Waals surface area contributed by atoms with Gasteiger partial charge in [-0.3, -0.25) is 4.99 Å². The van der Waals surface area contributed by atoms with Gasteiger partial charge in [0.1, 0.15) is 0 Å². The molecule has 8 heteroatoms. The maximum Gasteiger partial charge on any atom is 0.191 e. The summed E-state index contributed by atoms with van der Waals surface area (Å²) in [7, 11) is 7.62. The molecule has 0 bridgehead atoms. The number of methoxy groups -OCH3 is 1. The third kappa shape index (κ3) is 11.8. The lowest BCUT2D eigenvalue weighted by Crippen LogP contribution is -2.42. The van der Waals surface area contributed by atoms with Crippen LogP contribution in [0.5, 0.6) is 11.5 Å². The second kappa shape index (κ2) is 17.4. The van der Waals surface area contributed by atoms with Crippen LogP contribution in [0.3, 0.4) is 0 Å². The Kier molecular flexibility index (Phi) is 16.7. The quantitative estimate of drug-likeness (QED) is 0.165. The predicted octanol–water partition coefficient (Wildman–Crippen LogP) is 3.17. The Labute approximate surface area is 200 Å². The van der Waals surface area contributed by atoms with Gasteiger partial charge < -0.3 is 29.7 Å². The molecule has 0 aliphatic carbocycles. The molecule has 0 fully saturated rings. The number of ether oxygens (including phenoxy) is 3. The van der Waals surface area contributed by atoms with Crippen molar-refractivity contribution in [1.29, 1.82) is 0 Å². The largest absolute Gasteiger partial charge is 0.493 e. The van der Waals surface area contributed by atoms with Crippen molar-refractivity contribution in [3.05, 3.63) is 23.8 Å². The van der Waals surface area contributed by atoms with Crippen molar-refractivity contribution in [3.8, 4) is 11.5 Å². The van der Waals surface area contributed by atoms with Gasteiger partial charge in [-0.1, -0.05) is 6.07 Å². The van der Waals surface area contributed by atoms with Gasteiger partial charge >= 0.3 is 0 Å². The van der Waals surface area contributed by atoms with Crippen molar-refractivity contribution in [2.45, 2.75) is 39.2 Å². The van der Waals surface area contributed by atoms with Crippen LogP contribution in [-0.4, -0.2) is 78.1 Å². The number of nitrogens with one attached hydrogen (secondary N) is 2. The van der Waals surface area contributed by atoms with E-state index < -0.39 is 0 Å². The molecular formula is C22H41IN4O3. The molecule has 1 aromatic rings. The fraction of sp³-hybridized carbons (Fsp3) is 0.682. The first-order chi connectivity index (χ1) is 14.0. The van der Waals surface area contributed by atoms with Gasteiger partial charge in [-0.2, -0.15) is 0 Å². The third-order valence-electron chi connectivity index (χ3n) is 4.48. The zero-order chi connectivity index (χ0) is 21.5. The first-order valence-corrected chi connectivity index (χ1v) is 10.5. The van der Waals surface area contributed by atoms with Crippen LogP contribution >= 0.6 is 24.0 Å². The van der Waals surface area contributed by atoms with Crippen molar-refractivity contribution < 1.29 is 14.2 Å². The molecule has 7 nitrogen and oxygen atoms in total. The Bertz CT molecular complexity index is 600. The number of aliphatic imine (C=N–C) groups is 1. The van der Waals surface area contributed by atoms with E-state index in [1.807, 2.05) is 19.9 Å². The predicted molar refractivity (Wildman–Crippen MR) is 136 cm³/mol. The minimum Gasteiger partial charge on any atom is -0.493 e. The third-order valence-corrected chi connectivity index (χ3v) is 4.48. The molecule has 1 atom stereocenters. The summed E-state index contributed by atoms with van der Waals surface area (Å²) in [6.45, 7) is 7.95. The van der Waals surface area contributed by atoms with Crippen molar-refractivity contribution >= 4 is 29.9 Å². The summed E-state index contributed by atoms with van der Waals surface area (Å²) in [4.78, 5) is 6.49. The summed E-state index contributed by atoms with van der Waals surface area (Å²) in [5.41, 5.74) is 1.24. The Morgan fingerprint density at radius 1 is 1.13 bits per heavy atom. The standard InChI is InChI=1S/C22H40N4O3.HI/c1-7-28-19(13-15-26(4)5)17-25-22(23-3)24-14-9-10-18-11-12-20(27-6)21(16-18)29-8-2;/h11-12,16,19H,7-10,13-15,17H2,1-6H3,(H2,23,24,25);1H. The highest BCUT2D eigenvalue weighted by Crippen LogP contribution is 2.28. The maximum absolute atomic E-state index is 5.83. The topological polar surface area (TPSA) is 67.4 Å². The number of aryl methyl sites for hydroxylation is 1. The van der Waals surface area contributed by atoms with E-state index in [4.69, 9.17) is 14.2 Å². The van der Waals surface area contributed by atoms with Crippen LogP contribution in [0, 0.1) is 0 Å². The summed E-state index contributed by atoms with van der Waals surface area (Å²) in [5.74, 6) is 2.39. The fourth-order valence-corrected chi connectivity index (χ4v) is 2.96. The van der Waals surface area contributed by atoms with Crippen molar-refractivity contribution in [1.82, 2.24) is 15.5 Å². The number of halogens is 1. The smallest absolute Gasteiger partial charge is 0.191 e. The van der Waals surface area contributed by atoms with Gasteiger partial charge in [0.15, 0.2) is 17.5 Å². The van der Waals surface area contributed by atoms with Crippen LogP contribution < -0.4 is 20.1 Å². The Morgan fingerprint density at radius 2 is 1.90 bits per heavy atom. The van der Waals surface area contributed by atoms with Crippen LogP contribution in [0.4, 0.5) is 0 Å². The van der Waals surface area contributed by atoms with Crippen LogP contribution in [0.25, 0.3) is 0 Å². The number of rotatable bonds is 14. The van der Waals surface area contributed by atoms with Gasteiger partial charge in [0.2, 0.25) is 0 Å². The minimum atomic E-state index is 0. The first-order valence-electron chi connectivity index (χ1n) is 10.5. The number of nitrogens with zero attached hydrogens (tertiary/aromatic N) is 2. The van der Waals surface area contributed by atoms with Gasteiger partial charge in [0.25, 0.3) is 0 Å². The van der Waals surface area contributed by atoms with E-state index in [2.05, 4.69) is 46.8 Å². The molecule has 0 radical (unpaired) electrons. The molecular weight excluding hydrogens is 495 g/mol. The fourth-order valence-electron chi connectivity index (χ4n) is 2.96. The van der Waals surface area contributed by atoms with Crippen molar-refractivity contribution in [2.75, 3.05) is 61.1 Å². The lowest BCUT2D eigenvalue weighted by Gasteiger charge is -2.21. The van der Waals surface area contributed by atoms with E-state index >= 15 is 0 Å². The maximum atomic E-state index is 5.83. The second-order valence-electron chi connectivity index (χ2n) is 7.07. The highest BCUT2D eigenvalue weighted by atomic mass is 127. The number of benzene rings is 1. The van der Waals surface area contributed by atoms with E-state index in [9.17, 15) is 0 Å². The van der Waals surface area contributed by atoms with Gasteiger partial charge in [-0.05, 0) is 64.9 Å². The molecule has 0 amide bonds. The van der Waals surface area contributed by atoms with Gasteiger partial charge in [0.05, 0.1) is 19.8 Å². The minimum absolute atomic E-state index is 0. The van der Waals surface area contributed by atoms with Gasteiger partial charge in [-0.25, -0.2) is 0 Å². The zero-order valence-electron chi connectivity index (χ0n) is 19.5. The Balaban J connectivity index is 0.00000841. The summed E-state index contributed by atoms with van der Waals surface area (Å²) in [6, 6.07) is 6.12. The van der Waals surface area contributed by atoms with E-state index in [-0.39, 0.29) is 30.1 Å². The molecule has 0 spiro atoms. The van der Waals surface area contributed by atoms with Gasteiger partial charge in [0, 0.05) is 33.3 Å². The molecule has 0 saturated carbocycles. The second-order valence-corrected chi connectivity index (χ2v) is 7.07. The van der Waals surface area contributed by atoms with Crippen LogP contribution in [-0.2, 0) is 11.2 Å². The monoisotopic (exact) mass is 536 g/mol. The highest BCUT2D eigenvalue weighted by Gasteiger charge is 2.10. The molecule has 2 N–H and O–H groups in total. The Hall–Kier alpha value is -1.26. The summed E-state index contributed by atoms with van der Waals surface area (Å²) in [5, 5.41) is 6.76. The van der Waals surface area contributed by atoms with Crippen molar-refractivity contribution in [2.24, 2.45) is 4.99 Å². The van der Waals surface area contributed by atoms with Crippen LogP contribution in [0.1, 0.15) is 32.3 Å². The number of guanidine groups is 1. The molecule has 0 aromatic heterocycles. The average Bonchev–Trinajstić information content (AvgIpc) is 2.71. The highest BCUT2D eigenvalue weighted by molar-refractivity contribution is 14.0. The first kappa shape index (κ1) is 28.7. The van der Waals surface area contributed by atoms with E-state index in [1.54, 1.807) is 14.2 Å². The van der Waals surface area contributed by atoms with Gasteiger partial charge in [-0.15, -0.1) is 24.0 Å². The molecule has 0 saturated heterocycles. The molecule has 1 rings (SSSR count). The zero-order valence-corrected chi connectivity index (χ0v) is 21.8. The average molecular weight is 536 g/mol. The molecule has 174 valence electrons. The SMILES string of the molecule is CCOc1cc(CCCNC(=NC)NCC(CCN(C)C)OCC)ccc1OC.I. The Morgan fingerprint density at radius 3 is 2.50 bits per heavy atom.